The lowest BCUT2D eigenvalue weighted by Gasteiger charge is -2.11. The topological polar surface area (TPSA) is 35.2 Å². The maximum Gasteiger partial charge on any atom is 0.140 e. The summed E-state index contributed by atoms with van der Waals surface area (Å²) in [6.07, 6.45) is 0.781. The van der Waals surface area contributed by atoms with Crippen LogP contribution in [0.2, 0.25) is 5.02 Å². The standard InChI is InChI=1S/C10H14ClNO/c1-7(12)6-8-4-3-5-9(11)10(8)13-2/h3-5,7H,6,12H2,1-2H3. The number of rotatable bonds is 3. The second kappa shape index (κ2) is 4.49. The molecule has 1 rings (SSSR count). The minimum absolute atomic E-state index is 0.118. The summed E-state index contributed by atoms with van der Waals surface area (Å²) < 4.78 is 5.19. The van der Waals surface area contributed by atoms with Gasteiger partial charge < -0.3 is 10.5 Å². The van der Waals surface area contributed by atoms with Crippen LogP contribution in [-0.4, -0.2) is 13.2 Å². The van der Waals surface area contributed by atoms with Crippen molar-refractivity contribution in [3.8, 4) is 5.75 Å². The Labute approximate surface area is 83.6 Å². The Morgan fingerprint density at radius 2 is 2.23 bits per heavy atom. The number of benzene rings is 1. The lowest BCUT2D eigenvalue weighted by molar-refractivity contribution is 0.408. The quantitative estimate of drug-likeness (QED) is 0.811. The fourth-order valence-electron chi connectivity index (χ4n) is 1.29. The Bertz CT molecular complexity index is 286. The van der Waals surface area contributed by atoms with Crippen molar-refractivity contribution in [2.24, 2.45) is 5.73 Å². The first-order valence-corrected chi connectivity index (χ1v) is 4.60. The molecule has 1 atom stereocenters. The van der Waals surface area contributed by atoms with Crippen LogP contribution in [0.1, 0.15) is 12.5 Å². The highest BCUT2D eigenvalue weighted by Crippen LogP contribution is 2.28. The van der Waals surface area contributed by atoms with Gasteiger partial charge in [-0.15, -0.1) is 0 Å². The van der Waals surface area contributed by atoms with Crippen LogP contribution in [0, 0.1) is 0 Å². The molecule has 0 heterocycles. The Hall–Kier alpha value is -0.730. The molecule has 0 radical (unpaired) electrons. The SMILES string of the molecule is COc1c(Cl)cccc1CC(C)N. The van der Waals surface area contributed by atoms with Gasteiger partial charge in [-0.05, 0) is 25.0 Å². The molecular weight excluding hydrogens is 186 g/mol. The predicted molar refractivity (Wildman–Crippen MR) is 55.4 cm³/mol. The van der Waals surface area contributed by atoms with Gasteiger partial charge in [0.1, 0.15) is 5.75 Å². The third kappa shape index (κ3) is 2.61. The maximum absolute atomic E-state index is 5.95. The summed E-state index contributed by atoms with van der Waals surface area (Å²) in [5.74, 6) is 0.737. The lowest BCUT2D eigenvalue weighted by Crippen LogP contribution is -2.18. The van der Waals surface area contributed by atoms with Gasteiger partial charge in [0.15, 0.2) is 0 Å². The Balaban J connectivity index is 2.98. The lowest BCUT2D eigenvalue weighted by atomic mass is 10.1. The first-order chi connectivity index (χ1) is 6.15. The van der Waals surface area contributed by atoms with E-state index in [0.29, 0.717) is 5.02 Å². The number of hydrogen-bond donors (Lipinski definition) is 1. The molecular formula is C10H14ClNO. The van der Waals surface area contributed by atoms with Crippen molar-refractivity contribution in [3.63, 3.8) is 0 Å². The van der Waals surface area contributed by atoms with Crippen molar-refractivity contribution in [3.05, 3.63) is 28.8 Å². The first kappa shape index (κ1) is 10.4. The monoisotopic (exact) mass is 199 g/mol. The van der Waals surface area contributed by atoms with Crippen LogP contribution in [0.3, 0.4) is 0 Å². The molecule has 1 aromatic carbocycles. The Kier molecular flexibility index (Phi) is 3.58. The minimum Gasteiger partial charge on any atom is -0.495 e. The van der Waals surface area contributed by atoms with Crippen molar-refractivity contribution in [2.75, 3.05) is 7.11 Å². The third-order valence-electron chi connectivity index (χ3n) is 1.79. The van der Waals surface area contributed by atoms with Crippen molar-refractivity contribution in [1.29, 1.82) is 0 Å². The van der Waals surface area contributed by atoms with Crippen LogP contribution in [0.5, 0.6) is 5.75 Å². The van der Waals surface area contributed by atoms with Gasteiger partial charge in [0.05, 0.1) is 12.1 Å². The highest BCUT2D eigenvalue weighted by molar-refractivity contribution is 6.32. The molecule has 0 saturated carbocycles. The van der Waals surface area contributed by atoms with E-state index >= 15 is 0 Å². The molecule has 0 bridgehead atoms. The van der Waals surface area contributed by atoms with Gasteiger partial charge in [0.25, 0.3) is 0 Å². The van der Waals surface area contributed by atoms with E-state index in [1.165, 1.54) is 0 Å². The van der Waals surface area contributed by atoms with Gasteiger partial charge in [-0.1, -0.05) is 23.7 Å². The van der Waals surface area contributed by atoms with Crippen molar-refractivity contribution in [2.45, 2.75) is 19.4 Å². The largest absolute Gasteiger partial charge is 0.495 e. The van der Waals surface area contributed by atoms with Crippen molar-refractivity contribution < 1.29 is 4.74 Å². The zero-order chi connectivity index (χ0) is 9.84. The van der Waals surface area contributed by atoms with E-state index in [1.54, 1.807) is 7.11 Å². The number of ether oxygens (including phenoxy) is 1. The van der Waals surface area contributed by atoms with Crippen molar-refractivity contribution in [1.82, 2.24) is 0 Å². The maximum atomic E-state index is 5.95. The minimum atomic E-state index is 0.118. The van der Waals surface area contributed by atoms with Gasteiger partial charge in [0, 0.05) is 6.04 Å². The molecule has 2 nitrogen and oxygen atoms in total. The molecule has 3 heteroatoms. The second-order valence-corrected chi connectivity index (χ2v) is 3.52. The van der Waals surface area contributed by atoms with Crippen LogP contribution in [0.25, 0.3) is 0 Å². The fourth-order valence-corrected chi connectivity index (χ4v) is 1.56. The van der Waals surface area contributed by atoms with Crippen molar-refractivity contribution >= 4 is 11.6 Å². The molecule has 0 spiro atoms. The van der Waals surface area contributed by atoms with Crippen LogP contribution >= 0.6 is 11.6 Å². The number of methoxy groups -OCH3 is 1. The molecule has 0 aliphatic rings. The average molecular weight is 200 g/mol. The third-order valence-corrected chi connectivity index (χ3v) is 2.09. The first-order valence-electron chi connectivity index (χ1n) is 4.22. The molecule has 0 aliphatic carbocycles. The molecule has 0 saturated heterocycles. The van der Waals surface area contributed by atoms with E-state index in [4.69, 9.17) is 22.1 Å². The van der Waals surface area contributed by atoms with Gasteiger partial charge >= 0.3 is 0 Å². The van der Waals surface area contributed by atoms with E-state index in [0.717, 1.165) is 17.7 Å². The molecule has 0 fully saturated rings. The molecule has 0 aliphatic heterocycles. The van der Waals surface area contributed by atoms with Gasteiger partial charge in [-0.2, -0.15) is 0 Å². The van der Waals surface area contributed by atoms with Crippen LogP contribution in [0.4, 0.5) is 0 Å². The molecule has 13 heavy (non-hydrogen) atoms. The summed E-state index contributed by atoms with van der Waals surface area (Å²) in [7, 11) is 1.62. The average Bonchev–Trinajstić information content (AvgIpc) is 2.03. The molecule has 0 aromatic heterocycles. The predicted octanol–water partition coefficient (Wildman–Crippen LogP) is 2.24. The van der Waals surface area contributed by atoms with E-state index in [9.17, 15) is 0 Å². The summed E-state index contributed by atoms with van der Waals surface area (Å²) >= 11 is 5.95. The summed E-state index contributed by atoms with van der Waals surface area (Å²) in [4.78, 5) is 0. The highest BCUT2D eigenvalue weighted by atomic mass is 35.5. The van der Waals surface area contributed by atoms with E-state index < -0.39 is 0 Å². The fraction of sp³-hybridized carbons (Fsp3) is 0.400. The highest BCUT2D eigenvalue weighted by Gasteiger charge is 2.08. The van der Waals surface area contributed by atoms with Crippen LogP contribution < -0.4 is 10.5 Å². The normalized spacial score (nSPS) is 12.6. The Morgan fingerprint density at radius 1 is 1.54 bits per heavy atom. The van der Waals surface area contributed by atoms with E-state index in [2.05, 4.69) is 0 Å². The van der Waals surface area contributed by atoms with Crippen LogP contribution in [-0.2, 0) is 6.42 Å². The number of halogens is 1. The summed E-state index contributed by atoms with van der Waals surface area (Å²) in [5, 5.41) is 0.639. The summed E-state index contributed by atoms with van der Waals surface area (Å²) in [6.45, 7) is 1.96. The Morgan fingerprint density at radius 3 is 2.77 bits per heavy atom. The molecule has 1 unspecified atom stereocenters. The zero-order valence-electron chi connectivity index (χ0n) is 7.88. The molecule has 0 amide bonds. The zero-order valence-corrected chi connectivity index (χ0v) is 8.64. The molecule has 2 N–H and O–H groups in total. The number of hydrogen-bond acceptors (Lipinski definition) is 2. The summed E-state index contributed by atoms with van der Waals surface area (Å²) in [6, 6.07) is 5.81. The van der Waals surface area contributed by atoms with E-state index in [-0.39, 0.29) is 6.04 Å². The second-order valence-electron chi connectivity index (χ2n) is 3.11. The van der Waals surface area contributed by atoms with Gasteiger partial charge in [0.2, 0.25) is 0 Å². The van der Waals surface area contributed by atoms with Gasteiger partial charge in [-0.3, -0.25) is 0 Å². The number of nitrogens with two attached hydrogens (primary N) is 1. The number of para-hydroxylation sites is 1. The molecule has 1 aromatic rings. The van der Waals surface area contributed by atoms with Gasteiger partial charge in [-0.25, -0.2) is 0 Å². The molecule has 72 valence electrons. The van der Waals surface area contributed by atoms with E-state index in [1.807, 2.05) is 25.1 Å². The summed E-state index contributed by atoms with van der Waals surface area (Å²) in [5.41, 5.74) is 6.76. The smallest absolute Gasteiger partial charge is 0.140 e. The van der Waals surface area contributed by atoms with Crippen LogP contribution in [0.15, 0.2) is 18.2 Å².